The van der Waals surface area contributed by atoms with Crippen molar-refractivity contribution >= 4 is 0 Å². The van der Waals surface area contributed by atoms with E-state index in [-0.39, 0.29) is 6.04 Å². The van der Waals surface area contributed by atoms with Crippen molar-refractivity contribution in [3.8, 4) is 5.69 Å². The largest absolute Gasteiger partial charge is 0.324 e. The molecule has 1 unspecified atom stereocenters. The van der Waals surface area contributed by atoms with E-state index in [9.17, 15) is 0 Å². The number of hydrogen-bond donors (Lipinski definition) is 1. The predicted molar refractivity (Wildman–Crippen MR) is 63.0 cm³/mol. The summed E-state index contributed by atoms with van der Waals surface area (Å²) in [6, 6.07) is 12.6. The van der Waals surface area contributed by atoms with Crippen molar-refractivity contribution in [2.75, 3.05) is 0 Å². The van der Waals surface area contributed by atoms with Gasteiger partial charge in [-0.05, 0) is 36.2 Å². The molecule has 0 aliphatic rings. The zero-order valence-corrected chi connectivity index (χ0v) is 8.93. The van der Waals surface area contributed by atoms with Gasteiger partial charge in [0.25, 0.3) is 0 Å². The molecule has 0 bridgehead atoms. The molecule has 2 heteroatoms. The first-order valence-electron chi connectivity index (χ1n) is 5.30. The summed E-state index contributed by atoms with van der Waals surface area (Å²) in [5.41, 5.74) is 8.33. The fraction of sp³-hybridized carbons (Fsp3) is 0.231. The van der Waals surface area contributed by atoms with E-state index < -0.39 is 0 Å². The van der Waals surface area contributed by atoms with Gasteiger partial charge >= 0.3 is 0 Å². The van der Waals surface area contributed by atoms with Crippen molar-refractivity contribution in [1.82, 2.24) is 4.57 Å². The summed E-state index contributed by atoms with van der Waals surface area (Å²) in [5.74, 6) is 0. The van der Waals surface area contributed by atoms with E-state index in [1.54, 1.807) is 0 Å². The Bertz CT molecular complexity index is 401. The van der Waals surface area contributed by atoms with Crippen molar-refractivity contribution in [3.05, 3.63) is 54.4 Å². The molecule has 78 valence electrons. The highest BCUT2D eigenvalue weighted by atomic mass is 14.9. The summed E-state index contributed by atoms with van der Waals surface area (Å²) >= 11 is 0. The molecule has 0 saturated heterocycles. The first-order valence-corrected chi connectivity index (χ1v) is 5.30. The smallest absolute Gasteiger partial charge is 0.0449 e. The highest BCUT2D eigenvalue weighted by Crippen LogP contribution is 2.16. The molecule has 2 aromatic rings. The van der Waals surface area contributed by atoms with Crippen LogP contribution >= 0.6 is 0 Å². The van der Waals surface area contributed by atoms with Crippen LogP contribution in [0.3, 0.4) is 0 Å². The van der Waals surface area contributed by atoms with Crippen LogP contribution in [0, 0.1) is 0 Å². The fourth-order valence-corrected chi connectivity index (χ4v) is 1.64. The summed E-state index contributed by atoms with van der Waals surface area (Å²) in [6.07, 6.45) is 5.05. The van der Waals surface area contributed by atoms with Gasteiger partial charge < -0.3 is 10.3 Å². The minimum absolute atomic E-state index is 0.156. The first-order chi connectivity index (χ1) is 7.31. The van der Waals surface area contributed by atoms with Crippen LogP contribution in [0.5, 0.6) is 0 Å². The van der Waals surface area contributed by atoms with Gasteiger partial charge in [0, 0.05) is 24.1 Å². The average Bonchev–Trinajstić information content (AvgIpc) is 2.82. The molecule has 0 aliphatic heterocycles. The van der Waals surface area contributed by atoms with E-state index in [0.29, 0.717) is 0 Å². The SMILES string of the molecule is CCC(N)c1ccc(-n2cccc2)cc1. The Morgan fingerprint density at radius 3 is 2.27 bits per heavy atom. The maximum Gasteiger partial charge on any atom is 0.0449 e. The maximum atomic E-state index is 5.96. The molecule has 1 aromatic carbocycles. The zero-order valence-electron chi connectivity index (χ0n) is 8.93. The van der Waals surface area contributed by atoms with Crippen molar-refractivity contribution in [3.63, 3.8) is 0 Å². The Kier molecular flexibility index (Phi) is 2.88. The van der Waals surface area contributed by atoms with Crippen LogP contribution in [0.1, 0.15) is 24.9 Å². The van der Waals surface area contributed by atoms with E-state index >= 15 is 0 Å². The van der Waals surface area contributed by atoms with Crippen LogP contribution in [0.2, 0.25) is 0 Å². The van der Waals surface area contributed by atoms with Gasteiger partial charge in [-0.1, -0.05) is 19.1 Å². The standard InChI is InChI=1S/C13H16N2/c1-2-13(14)11-5-7-12(8-6-11)15-9-3-4-10-15/h3-10,13H,2,14H2,1H3. The number of aromatic nitrogens is 1. The lowest BCUT2D eigenvalue weighted by Crippen LogP contribution is -2.08. The predicted octanol–water partition coefficient (Wildman–Crippen LogP) is 2.89. The van der Waals surface area contributed by atoms with Gasteiger partial charge in [0.1, 0.15) is 0 Å². The second-order valence-corrected chi connectivity index (χ2v) is 3.70. The number of benzene rings is 1. The quantitative estimate of drug-likeness (QED) is 0.811. The highest BCUT2D eigenvalue weighted by molar-refractivity contribution is 5.36. The number of nitrogens with zero attached hydrogens (tertiary/aromatic N) is 1. The molecule has 1 heterocycles. The minimum Gasteiger partial charge on any atom is -0.324 e. The molecule has 0 fully saturated rings. The molecule has 0 aliphatic carbocycles. The third-order valence-corrected chi connectivity index (χ3v) is 2.66. The number of rotatable bonds is 3. The molecule has 0 radical (unpaired) electrons. The first kappa shape index (κ1) is 9.99. The van der Waals surface area contributed by atoms with Gasteiger partial charge in [0.05, 0.1) is 0 Å². The van der Waals surface area contributed by atoms with E-state index in [1.807, 2.05) is 24.5 Å². The van der Waals surface area contributed by atoms with E-state index in [2.05, 4.69) is 35.8 Å². The molecule has 1 atom stereocenters. The van der Waals surface area contributed by atoms with Gasteiger partial charge in [-0.3, -0.25) is 0 Å². The van der Waals surface area contributed by atoms with Crippen LogP contribution in [-0.2, 0) is 0 Å². The Labute approximate surface area is 90.3 Å². The second-order valence-electron chi connectivity index (χ2n) is 3.70. The van der Waals surface area contributed by atoms with Crippen molar-refractivity contribution < 1.29 is 0 Å². The summed E-state index contributed by atoms with van der Waals surface area (Å²) < 4.78 is 2.08. The van der Waals surface area contributed by atoms with Gasteiger partial charge in [0.2, 0.25) is 0 Å². The summed E-state index contributed by atoms with van der Waals surface area (Å²) in [6.45, 7) is 2.10. The summed E-state index contributed by atoms with van der Waals surface area (Å²) in [7, 11) is 0. The molecule has 15 heavy (non-hydrogen) atoms. The monoisotopic (exact) mass is 200 g/mol. The van der Waals surface area contributed by atoms with Gasteiger partial charge in [-0.25, -0.2) is 0 Å². The maximum absolute atomic E-state index is 5.96. The molecule has 2 N–H and O–H groups in total. The minimum atomic E-state index is 0.156. The van der Waals surface area contributed by atoms with E-state index in [4.69, 9.17) is 5.73 Å². The topological polar surface area (TPSA) is 30.9 Å². The Hall–Kier alpha value is -1.54. The molecular formula is C13H16N2. The molecule has 2 nitrogen and oxygen atoms in total. The average molecular weight is 200 g/mol. The lowest BCUT2D eigenvalue weighted by atomic mass is 10.1. The molecule has 1 aromatic heterocycles. The van der Waals surface area contributed by atoms with Crippen LogP contribution in [0.25, 0.3) is 5.69 Å². The number of nitrogens with two attached hydrogens (primary N) is 1. The van der Waals surface area contributed by atoms with Crippen molar-refractivity contribution in [2.24, 2.45) is 5.73 Å². The lowest BCUT2D eigenvalue weighted by Gasteiger charge is -2.10. The Morgan fingerprint density at radius 1 is 1.13 bits per heavy atom. The van der Waals surface area contributed by atoms with Crippen LogP contribution < -0.4 is 5.73 Å². The van der Waals surface area contributed by atoms with Crippen LogP contribution in [-0.4, -0.2) is 4.57 Å². The Balaban J connectivity index is 2.25. The van der Waals surface area contributed by atoms with E-state index in [0.717, 1.165) is 6.42 Å². The van der Waals surface area contributed by atoms with Gasteiger partial charge in [-0.2, -0.15) is 0 Å². The highest BCUT2D eigenvalue weighted by Gasteiger charge is 2.02. The third kappa shape index (κ3) is 2.10. The summed E-state index contributed by atoms with van der Waals surface area (Å²) in [5, 5.41) is 0. The Morgan fingerprint density at radius 2 is 1.73 bits per heavy atom. The zero-order chi connectivity index (χ0) is 10.7. The van der Waals surface area contributed by atoms with E-state index in [1.165, 1.54) is 11.3 Å². The summed E-state index contributed by atoms with van der Waals surface area (Å²) in [4.78, 5) is 0. The molecule has 0 amide bonds. The van der Waals surface area contributed by atoms with Crippen LogP contribution in [0.4, 0.5) is 0 Å². The molecule has 0 saturated carbocycles. The normalized spacial score (nSPS) is 12.7. The number of hydrogen-bond acceptors (Lipinski definition) is 1. The van der Waals surface area contributed by atoms with Crippen molar-refractivity contribution in [2.45, 2.75) is 19.4 Å². The van der Waals surface area contributed by atoms with Crippen LogP contribution in [0.15, 0.2) is 48.8 Å². The molecule has 0 spiro atoms. The van der Waals surface area contributed by atoms with Gasteiger partial charge in [0.15, 0.2) is 0 Å². The third-order valence-electron chi connectivity index (χ3n) is 2.66. The molecular weight excluding hydrogens is 184 g/mol. The fourth-order valence-electron chi connectivity index (χ4n) is 1.64. The molecule has 2 rings (SSSR count). The lowest BCUT2D eigenvalue weighted by molar-refractivity contribution is 0.698. The van der Waals surface area contributed by atoms with Gasteiger partial charge in [-0.15, -0.1) is 0 Å². The second kappa shape index (κ2) is 4.32. The van der Waals surface area contributed by atoms with Crippen molar-refractivity contribution in [1.29, 1.82) is 0 Å².